The fourth-order valence-corrected chi connectivity index (χ4v) is 3.50. The number of H-pyrrole nitrogens is 1. The summed E-state index contributed by atoms with van der Waals surface area (Å²) in [6.45, 7) is 2.38. The van der Waals surface area contributed by atoms with E-state index in [0.717, 1.165) is 21.1 Å². The number of nitrogens with zero attached hydrogens (tertiary/aromatic N) is 1. The fraction of sp³-hybridized carbons (Fsp3) is 0.118. The molecule has 0 spiro atoms. The minimum Gasteiger partial charge on any atom is -0.352 e. The number of aromatic amines is 1. The lowest BCUT2D eigenvalue weighted by Crippen LogP contribution is -2.23. The van der Waals surface area contributed by atoms with E-state index in [-0.39, 0.29) is 5.91 Å². The van der Waals surface area contributed by atoms with E-state index in [1.807, 2.05) is 31.2 Å². The Hall–Kier alpha value is -2.02. The number of halogens is 1. The largest absolute Gasteiger partial charge is 0.352 e. The van der Waals surface area contributed by atoms with Gasteiger partial charge in [-0.2, -0.15) is 0 Å². The van der Waals surface area contributed by atoms with Gasteiger partial charge in [0.15, 0.2) is 0 Å². The van der Waals surface area contributed by atoms with E-state index >= 15 is 0 Å². The molecule has 4 nitrogen and oxygen atoms in total. The van der Waals surface area contributed by atoms with Crippen molar-refractivity contribution in [3.05, 3.63) is 67.7 Å². The number of aromatic nitrogens is 2. The summed E-state index contributed by atoms with van der Waals surface area (Å²) in [7, 11) is 0. The van der Waals surface area contributed by atoms with Crippen molar-refractivity contribution in [2.24, 2.45) is 0 Å². The van der Waals surface area contributed by atoms with Gasteiger partial charge in [0.2, 0.25) is 0 Å². The van der Waals surface area contributed by atoms with E-state index in [0.29, 0.717) is 21.8 Å². The third-order valence-corrected chi connectivity index (χ3v) is 4.98. The molecule has 0 fully saturated rings. The molecule has 0 atom stereocenters. The number of aryl methyl sites for hydroxylation is 1. The molecule has 0 saturated heterocycles. The predicted octanol–water partition coefficient (Wildman–Crippen LogP) is 4.76. The van der Waals surface area contributed by atoms with Crippen LogP contribution in [-0.2, 0) is 6.54 Å². The van der Waals surface area contributed by atoms with Crippen LogP contribution >= 0.6 is 35.2 Å². The minimum atomic E-state index is -0.210. The van der Waals surface area contributed by atoms with E-state index in [1.165, 1.54) is 0 Å². The first-order valence-electron chi connectivity index (χ1n) is 7.23. The molecule has 1 aromatic carbocycles. The van der Waals surface area contributed by atoms with Crippen molar-refractivity contribution < 1.29 is 4.79 Å². The number of hydrogen-bond acceptors (Lipinski definition) is 4. The van der Waals surface area contributed by atoms with Gasteiger partial charge in [-0.05, 0) is 31.2 Å². The SMILES string of the molecule is Cc1sc(CNC(=O)c2ccc[nH]c2=S)nc1-c1ccc(Cl)cc1. The van der Waals surface area contributed by atoms with Crippen LogP contribution in [0.15, 0.2) is 42.6 Å². The van der Waals surface area contributed by atoms with Gasteiger partial charge in [-0.3, -0.25) is 4.79 Å². The zero-order valence-corrected chi connectivity index (χ0v) is 15.2. The molecule has 3 rings (SSSR count). The average Bonchev–Trinajstić information content (AvgIpc) is 2.95. The van der Waals surface area contributed by atoms with Crippen LogP contribution in [0.5, 0.6) is 0 Å². The van der Waals surface area contributed by atoms with Gasteiger partial charge in [-0.15, -0.1) is 11.3 Å². The van der Waals surface area contributed by atoms with Crippen LogP contribution in [0.1, 0.15) is 20.2 Å². The quantitative estimate of drug-likeness (QED) is 0.646. The standard InChI is InChI=1S/C17H14ClN3OS2/c1-10-15(11-4-6-12(18)7-5-11)21-14(24-10)9-20-16(22)13-3-2-8-19-17(13)23/h2-8H,9H2,1H3,(H,19,23)(H,20,22). The summed E-state index contributed by atoms with van der Waals surface area (Å²) in [5.74, 6) is -0.210. The van der Waals surface area contributed by atoms with E-state index in [9.17, 15) is 4.79 Å². The van der Waals surface area contributed by atoms with Gasteiger partial charge >= 0.3 is 0 Å². The van der Waals surface area contributed by atoms with Crippen molar-refractivity contribution in [3.63, 3.8) is 0 Å². The molecule has 24 heavy (non-hydrogen) atoms. The molecule has 0 aliphatic carbocycles. The van der Waals surface area contributed by atoms with E-state index in [1.54, 1.807) is 29.7 Å². The Morgan fingerprint density at radius 3 is 2.79 bits per heavy atom. The Morgan fingerprint density at radius 1 is 1.33 bits per heavy atom. The van der Waals surface area contributed by atoms with Crippen LogP contribution in [0.4, 0.5) is 0 Å². The first kappa shape index (κ1) is 16.8. The molecule has 2 N–H and O–H groups in total. The molecule has 0 aliphatic heterocycles. The lowest BCUT2D eigenvalue weighted by atomic mass is 10.1. The van der Waals surface area contributed by atoms with Crippen molar-refractivity contribution in [3.8, 4) is 11.3 Å². The molecule has 7 heteroatoms. The normalized spacial score (nSPS) is 10.6. The number of benzene rings is 1. The molecule has 3 aromatic rings. The molecule has 0 saturated carbocycles. The van der Waals surface area contributed by atoms with Gasteiger partial charge in [-0.1, -0.05) is 36.0 Å². The van der Waals surface area contributed by atoms with Gasteiger partial charge in [-0.25, -0.2) is 4.98 Å². The number of thiazole rings is 1. The summed E-state index contributed by atoms with van der Waals surface area (Å²) in [6, 6.07) is 11.0. The van der Waals surface area contributed by atoms with Crippen LogP contribution in [0.25, 0.3) is 11.3 Å². The van der Waals surface area contributed by atoms with Gasteiger partial charge in [0.05, 0.1) is 17.8 Å². The zero-order chi connectivity index (χ0) is 17.1. The smallest absolute Gasteiger partial charge is 0.254 e. The Morgan fingerprint density at radius 2 is 2.08 bits per heavy atom. The maximum Gasteiger partial charge on any atom is 0.254 e. The molecule has 1 amide bonds. The Balaban J connectivity index is 1.74. The predicted molar refractivity (Wildman–Crippen MR) is 100 cm³/mol. The van der Waals surface area contributed by atoms with Crippen molar-refractivity contribution >= 4 is 41.1 Å². The van der Waals surface area contributed by atoms with Crippen LogP contribution in [0.3, 0.4) is 0 Å². The molecule has 0 aliphatic rings. The average molecular weight is 376 g/mol. The third-order valence-electron chi connectivity index (χ3n) is 3.42. The first-order valence-corrected chi connectivity index (χ1v) is 8.83. The van der Waals surface area contributed by atoms with Gasteiger partial charge in [0, 0.05) is 21.7 Å². The van der Waals surface area contributed by atoms with Crippen LogP contribution in [-0.4, -0.2) is 15.9 Å². The molecule has 0 radical (unpaired) electrons. The number of rotatable bonds is 4. The molecular formula is C17H14ClN3OS2. The number of amides is 1. The maximum absolute atomic E-state index is 12.2. The molecule has 0 bridgehead atoms. The van der Waals surface area contributed by atoms with Gasteiger partial charge in [0.25, 0.3) is 5.91 Å². The second-order valence-corrected chi connectivity index (χ2v) is 7.25. The molecule has 0 unspecified atom stereocenters. The molecule has 2 heterocycles. The van der Waals surface area contributed by atoms with Gasteiger partial charge in [0.1, 0.15) is 9.65 Å². The number of carbonyl (C=O) groups excluding carboxylic acids is 1. The maximum atomic E-state index is 12.2. The first-order chi connectivity index (χ1) is 11.5. The van der Waals surface area contributed by atoms with E-state index in [2.05, 4.69) is 15.3 Å². The highest BCUT2D eigenvalue weighted by atomic mass is 35.5. The molecule has 2 aromatic heterocycles. The van der Waals surface area contributed by atoms with Gasteiger partial charge < -0.3 is 10.3 Å². The lowest BCUT2D eigenvalue weighted by molar-refractivity contribution is 0.0950. The zero-order valence-electron chi connectivity index (χ0n) is 12.8. The van der Waals surface area contributed by atoms with Crippen molar-refractivity contribution in [2.75, 3.05) is 0 Å². The highest BCUT2D eigenvalue weighted by Gasteiger charge is 2.12. The number of pyridine rings is 1. The highest BCUT2D eigenvalue weighted by molar-refractivity contribution is 7.71. The van der Waals surface area contributed by atoms with Crippen molar-refractivity contribution in [2.45, 2.75) is 13.5 Å². The topological polar surface area (TPSA) is 57.8 Å². The monoisotopic (exact) mass is 375 g/mol. The minimum absolute atomic E-state index is 0.210. The van der Waals surface area contributed by atoms with Crippen LogP contribution < -0.4 is 5.32 Å². The van der Waals surface area contributed by atoms with Crippen molar-refractivity contribution in [1.29, 1.82) is 0 Å². The van der Waals surface area contributed by atoms with Crippen LogP contribution in [0, 0.1) is 11.6 Å². The number of hydrogen-bond donors (Lipinski definition) is 2. The lowest BCUT2D eigenvalue weighted by Gasteiger charge is -2.03. The summed E-state index contributed by atoms with van der Waals surface area (Å²) < 4.78 is 0.423. The second-order valence-electron chi connectivity index (χ2n) is 5.11. The summed E-state index contributed by atoms with van der Waals surface area (Å²) in [6.07, 6.45) is 1.70. The second kappa shape index (κ2) is 7.25. The van der Waals surface area contributed by atoms with E-state index in [4.69, 9.17) is 23.8 Å². The summed E-state index contributed by atoms with van der Waals surface area (Å²) in [5, 5.41) is 4.40. The Bertz CT molecular complexity index is 932. The Labute approximate surface area is 153 Å². The Kier molecular flexibility index (Phi) is 5.08. The fourth-order valence-electron chi connectivity index (χ4n) is 2.25. The summed E-state index contributed by atoms with van der Waals surface area (Å²) in [5.41, 5.74) is 2.38. The number of carbonyl (C=O) groups is 1. The molecule has 122 valence electrons. The van der Waals surface area contributed by atoms with Crippen LogP contribution in [0.2, 0.25) is 5.02 Å². The highest BCUT2D eigenvalue weighted by Crippen LogP contribution is 2.28. The molecular weight excluding hydrogens is 362 g/mol. The summed E-state index contributed by atoms with van der Waals surface area (Å²) in [4.78, 5) is 20.8. The third kappa shape index (κ3) is 3.72. The summed E-state index contributed by atoms with van der Waals surface area (Å²) >= 11 is 12.6. The van der Waals surface area contributed by atoms with Crippen molar-refractivity contribution in [1.82, 2.24) is 15.3 Å². The number of nitrogens with one attached hydrogen (secondary N) is 2. The van der Waals surface area contributed by atoms with E-state index < -0.39 is 0 Å².